The topological polar surface area (TPSA) is 102 Å². The van der Waals surface area contributed by atoms with Crippen LogP contribution in [0.25, 0.3) is 28.0 Å². The SMILES string of the molecule is Cc1cc(-c2c(-c3ccccc3)nc(N)n3c(=O)n(CC(C)C)nc23)cc(C)[n+]1O. The Labute approximate surface area is 173 Å². The standard InChI is InChI=1S/C22H24N6O2/c1-13(2)12-26-22(29)27-20(25-26)18(17-10-14(3)28(30)15(4)11-17)19(24-21(27)23)16-8-6-5-7-9-16/h5-11,13,23,30H,12H2,1-4H3/p+1. The van der Waals surface area contributed by atoms with Gasteiger partial charge in [0.2, 0.25) is 17.3 Å². The van der Waals surface area contributed by atoms with Gasteiger partial charge in [-0.05, 0) is 5.92 Å². The van der Waals surface area contributed by atoms with Gasteiger partial charge in [-0.25, -0.2) is 18.9 Å². The van der Waals surface area contributed by atoms with Gasteiger partial charge in [0.15, 0.2) is 5.65 Å². The van der Waals surface area contributed by atoms with Crippen LogP contribution in [0.15, 0.2) is 47.3 Å². The summed E-state index contributed by atoms with van der Waals surface area (Å²) in [6.07, 6.45) is 0. The molecule has 154 valence electrons. The smallest absolute Gasteiger partial charge is 0.353 e. The molecule has 3 N–H and O–H groups in total. The van der Waals surface area contributed by atoms with Gasteiger partial charge in [0.1, 0.15) is 0 Å². The van der Waals surface area contributed by atoms with Gasteiger partial charge >= 0.3 is 5.69 Å². The van der Waals surface area contributed by atoms with Crippen LogP contribution in [0.1, 0.15) is 25.2 Å². The summed E-state index contributed by atoms with van der Waals surface area (Å²) in [5.74, 6) is 0.336. The third kappa shape index (κ3) is 3.20. The number of anilines is 1. The fourth-order valence-corrected chi connectivity index (χ4v) is 3.67. The van der Waals surface area contributed by atoms with Crippen LogP contribution in [-0.2, 0) is 6.54 Å². The number of benzene rings is 1. The number of fused-ring (bicyclic) bond motifs is 1. The Hall–Kier alpha value is -3.68. The first-order chi connectivity index (χ1) is 14.3. The molecule has 0 spiro atoms. The van der Waals surface area contributed by atoms with Crippen molar-refractivity contribution in [3.05, 3.63) is 64.3 Å². The highest BCUT2D eigenvalue weighted by atomic mass is 16.5. The lowest BCUT2D eigenvalue weighted by atomic mass is 9.99. The van der Waals surface area contributed by atoms with E-state index in [9.17, 15) is 10.0 Å². The molecule has 4 rings (SSSR count). The van der Waals surface area contributed by atoms with E-state index < -0.39 is 0 Å². The Kier molecular flexibility index (Phi) is 4.77. The highest BCUT2D eigenvalue weighted by Gasteiger charge is 2.24. The number of aromatic nitrogens is 5. The second kappa shape index (κ2) is 7.29. The molecular weight excluding hydrogens is 380 g/mol. The fraction of sp³-hybridized carbons (Fsp3) is 0.273. The monoisotopic (exact) mass is 405 g/mol. The number of nitrogens with two attached hydrogens (primary N) is 1. The van der Waals surface area contributed by atoms with E-state index in [2.05, 4.69) is 10.1 Å². The average Bonchev–Trinajstić information content (AvgIpc) is 3.02. The van der Waals surface area contributed by atoms with Crippen molar-refractivity contribution in [1.29, 1.82) is 0 Å². The van der Waals surface area contributed by atoms with Crippen molar-refractivity contribution >= 4 is 11.6 Å². The zero-order valence-corrected chi connectivity index (χ0v) is 17.5. The molecule has 0 aliphatic heterocycles. The second-order valence-electron chi connectivity index (χ2n) is 7.92. The first-order valence-electron chi connectivity index (χ1n) is 9.85. The molecule has 8 heteroatoms. The maximum atomic E-state index is 13.0. The highest BCUT2D eigenvalue weighted by molar-refractivity contribution is 5.90. The molecule has 0 aliphatic rings. The molecule has 0 saturated heterocycles. The van der Waals surface area contributed by atoms with E-state index in [1.165, 1.54) is 9.08 Å². The zero-order valence-electron chi connectivity index (χ0n) is 17.5. The van der Waals surface area contributed by atoms with Crippen LogP contribution in [0.5, 0.6) is 0 Å². The fourth-order valence-electron chi connectivity index (χ4n) is 3.67. The minimum absolute atomic E-state index is 0.0919. The van der Waals surface area contributed by atoms with Crippen molar-refractivity contribution in [3.63, 3.8) is 0 Å². The van der Waals surface area contributed by atoms with Crippen LogP contribution in [0.4, 0.5) is 5.95 Å². The Morgan fingerprint density at radius 1 is 1.10 bits per heavy atom. The van der Waals surface area contributed by atoms with Gasteiger partial charge in [0.05, 0.1) is 11.3 Å². The van der Waals surface area contributed by atoms with Crippen LogP contribution in [0.2, 0.25) is 0 Å². The number of pyridine rings is 1. The van der Waals surface area contributed by atoms with E-state index >= 15 is 0 Å². The molecule has 0 amide bonds. The molecular formula is C22H25N6O2+. The molecule has 0 radical (unpaired) electrons. The van der Waals surface area contributed by atoms with Gasteiger partial charge in [0.25, 0.3) is 0 Å². The van der Waals surface area contributed by atoms with Crippen LogP contribution in [0.3, 0.4) is 0 Å². The highest BCUT2D eigenvalue weighted by Crippen LogP contribution is 2.34. The molecule has 1 aromatic carbocycles. The summed E-state index contributed by atoms with van der Waals surface area (Å²) < 4.78 is 3.91. The van der Waals surface area contributed by atoms with E-state index in [0.717, 1.165) is 15.9 Å². The molecule has 0 saturated carbocycles. The average molecular weight is 405 g/mol. The molecule has 0 unspecified atom stereocenters. The van der Waals surface area contributed by atoms with E-state index in [0.29, 0.717) is 34.8 Å². The molecule has 8 nitrogen and oxygen atoms in total. The quantitative estimate of drug-likeness (QED) is 0.401. The molecule has 3 aromatic heterocycles. The van der Waals surface area contributed by atoms with Crippen LogP contribution in [-0.4, -0.2) is 24.4 Å². The van der Waals surface area contributed by atoms with Crippen molar-refractivity contribution < 1.29 is 9.94 Å². The van der Waals surface area contributed by atoms with Crippen molar-refractivity contribution in [1.82, 2.24) is 19.2 Å². The number of nitrogen functional groups attached to an aromatic ring is 1. The van der Waals surface area contributed by atoms with E-state index in [1.54, 1.807) is 0 Å². The maximum Gasteiger partial charge on any atom is 0.353 e. The summed E-state index contributed by atoms with van der Waals surface area (Å²) >= 11 is 0. The van der Waals surface area contributed by atoms with Gasteiger partial charge < -0.3 is 5.73 Å². The lowest BCUT2D eigenvalue weighted by Crippen LogP contribution is -2.37. The minimum atomic E-state index is -0.314. The predicted molar refractivity (Wildman–Crippen MR) is 114 cm³/mol. The van der Waals surface area contributed by atoms with Gasteiger partial charge in [-0.3, -0.25) is 5.21 Å². The molecule has 0 fully saturated rings. The van der Waals surface area contributed by atoms with Gasteiger partial charge in [-0.1, -0.05) is 44.2 Å². The number of hydrogen-bond acceptors (Lipinski definition) is 5. The summed E-state index contributed by atoms with van der Waals surface area (Å²) in [4.78, 5) is 17.6. The van der Waals surface area contributed by atoms with E-state index in [1.807, 2.05) is 70.2 Å². The van der Waals surface area contributed by atoms with Gasteiger partial charge in [0, 0.05) is 48.4 Å². The van der Waals surface area contributed by atoms with Crippen molar-refractivity contribution in [2.45, 2.75) is 34.2 Å². The summed E-state index contributed by atoms with van der Waals surface area (Å²) in [6, 6.07) is 13.4. The molecule has 0 aliphatic carbocycles. The number of aryl methyl sites for hydroxylation is 2. The molecule has 30 heavy (non-hydrogen) atoms. The third-order valence-corrected chi connectivity index (χ3v) is 5.03. The zero-order chi connectivity index (χ0) is 21.6. The van der Waals surface area contributed by atoms with E-state index in [4.69, 9.17) is 5.73 Å². The summed E-state index contributed by atoms with van der Waals surface area (Å²) in [5, 5.41) is 14.8. The Morgan fingerprint density at radius 2 is 1.73 bits per heavy atom. The largest absolute Gasteiger partial charge is 0.369 e. The third-order valence-electron chi connectivity index (χ3n) is 5.03. The molecule has 0 bridgehead atoms. The minimum Gasteiger partial charge on any atom is -0.369 e. The molecule has 4 aromatic rings. The van der Waals surface area contributed by atoms with Crippen LogP contribution >= 0.6 is 0 Å². The maximum absolute atomic E-state index is 13.0. The van der Waals surface area contributed by atoms with Crippen LogP contribution in [0, 0.1) is 19.8 Å². The predicted octanol–water partition coefficient (Wildman–Crippen LogP) is 2.60. The number of hydrogen-bond donors (Lipinski definition) is 2. The lowest BCUT2D eigenvalue weighted by molar-refractivity contribution is -0.912. The van der Waals surface area contributed by atoms with E-state index in [-0.39, 0.29) is 17.6 Å². The van der Waals surface area contributed by atoms with Crippen molar-refractivity contribution in [2.24, 2.45) is 5.92 Å². The lowest BCUT2D eigenvalue weighted by Gasteiger charge is -2.12. The Balaban J connectivity index is 2.14. The van der Waals surface area contributed by atoms with Crippen LogP contribution < -0.4 is 16.2 Å². The number of rotatable bonds is 4. The molecule has 0 atom stereocenters. The Bertz CT molecular complexity index is 1280. The summed E-state index contributed by atoms with van der Waals surface area (Å²) in [5.41, 5.74) is 10.7. The Morgan fingerprint density at radius 3 is 2.33 bits per heavy atom. The van der Waals surface area contributed by atoms with Crippen molar-refractivity contribution in [2.75, 3.05) is 5.73 Å². The normalized spacial score (nSPS) is 11.5. The number of nitrogens with zero attached hydrogens (tertiary/aromatic N) is 5. The van der Waals surface area contributed by atoms with Crippen molar-refractivity contribution in [3.8, 4) is 22.4 Å². The summed E-state index contributed by atoms with van der Waals surface area (Å²) in [7, 11) is 0. The van der Waals surface area contributed by atoms with Gasteiger partial charge in [-0.15, -0.1) is 5.10 Å². The van der Waals surface area contributed by atoms with Gasteiger partial charge in [-0.2, -0.15) is 0 Å². The molecule has 3 heterocycles. The first-order valence-corrected chi connectivity index (χ1v) is 9.85. The summed E-state index contributed by atoms with van der Waals surface area (Å²) in [6.45, 7) is 8.15. The second-order valence-corrected chi connectivity index (χ2v) is 7.92. The first kappa shape index (κ1) is 19.6.